The number of alkyl halides is 6. The van der Waals surface area contributed by atoms with Crippen LogP contribution in [0.2, 0.25) is 0 Å². The Morgan fingerprint density at radius 1 is 0.500 bits per heavy atom. The van der Waals surface area contributed by atoms with Crippen LogP contribution < -0.4 is 20.8 Å². The van der Waals surface area contributed by atoms with Gasteiger partial charge in [-0.1, -0.05) is 111 Å². The topological polar surface area (TPSA) is 113 Å². The maximum Gasteiger partial charge on any atom is 0.416 e. The van der Waals surface area contributed by atoms with E-state index in [0.717, 1.165) is 73.3 Å². The summed E-state index contributed by atoms with van der Waals surface area (Å²) in [6.07, 6.45) is 0.480. The lowest BCUT2D eigenvalue weighted by Gasteiger charge is -2.17. The lowest BCUT2D eigenvalue weighted by atomic mass is 9.93. The predicted octanol–water partition coefficient (Wildman–Crippen LogP) is 8.62. The minimum absolute atomic E-state index is 0.393. The van der Waals surface area contributed by atoms with Gasteiger partial charge in [-0.25, -0.2) is 0 Å². The van der Waals surface area contributed by atoms with Gasteiger partial charge in [0, 0.05) is 24.0 Å². The molecule has 2 unspecified atom stereocenters. The molecule has 0 fully saturated rings. The van der Waals surface area contributed by atoms with E-state index < -0.39 is 35.4 Å². The van der Waals surface area contributed by atoms with E-state index in [1.54, 1.807) is 24.3 Å². The highest BCUT2D eigenvalue weighted by Crippen LogP contribution is 2.35. The molecule has 0 aromatic heterocycles. The van der Waals surface area contributed by atoms with E-state index in [1.807, 2.05) is 24.3 Å². The van der Waals surface area contributed by atoms with Crippen LogP contribution in [0.15, 0.2) is 121 Å². The fourth-order valence-electron chi connectivity index (χ4n) is 8.32. The summed E-state index contributed by atoms with van der Waals surface area (Å²) >= 11 is 0. The van der Waals surface area contributed by atoms with Crippen LogP contribution in [0.4, 0.5) is 26.3 Å². The molecular weight excluding hydrogens is 831 g/mol. The smallest absolute Gasteiger partial charge is 0.416 e. The molecule has 6 rings (SSSR count). The number of hydrogen-bond donors (Lipinski definition) is 2. The second-order valence-corrected chi connectivity index (χ2v) is 15.8. The molecule has 0 aliphatic rings. The van der Waals surface area contributed by atoms with Gasteiger partial charge in [-0.2, -0.15) is 26.3 Å². The molecule has 0 saturated heterocycles. The Hall–Kier alpha value is -5.72. The zero-order chi connectivity index (χ0) is 46.9. The Bertz CT molecular complexity index is 2260. The van der Waals surface area contributed by atoms with Gasteiger partial charge < -0.3 is 30.4 Å². The number of nitrogens with two attached hydrogens (primary N) is 2. The Kier molecular flexibility index (Phi) is 19.4. The molecule has 342 valence electrons. The number of carbonyl (C=O) groups excluding carboxylic acids is 2. The molecule has 6 aromatic rings. The number of rotatable bonds is 16. The first-order valence-electron chi connectivity index (χ1n) is 21.9. The van der Waals surface area contributed by atoms with Crippen molar-refractivity contribution in [1.29, 1.82) is 0 Å². The second kappa shape index (κ2) is 24.4. The molecule has 6 aromatic carbocycles. The molecule has 12 heteroatoms. The van der Waals surface area contributed by atoms with Crippen LogP contribution in [0, 0.1) is 0 Å². The normalized spacial score (nSPS) is 12.5. The summed E-state index contributed by atoms with van der Waals surface area (Å²) in [6, 6.07) is 37.8. The Balaban J connectivity index is 0.000000249. The monoisotopic (exact) mass is 888 g/mol. The van der Waals surface area contributed by atoms with E-state index in [9.17, 15) is 26.3 Å². The highest BCUT2D eigenvalue weighted by Gasteiger charge is 2.32. The van der Waals surface area contributed by atoms with Crippen molar-refractivity contribution in [2.24, 2.45) is 0 Å². The lowest BCUT2D eigenvalue weighted by Crippen LogP contribution is -2.81. The van der Waals surface area contributed by atoms with Gasteiger partial charge in [-0.15, -0.1) is 0 Å². The number of halogens is 6. The summed E-state index contributed by atoms with van der Waals surface area (Å²) in [5, 5.41) is 25.5. The van der Waals surface area contributed by atoms with Gasteiger partial charge in [-0.05, 0) is 119 Å². The number of fused-ring (bicyclic) bond motifs is 2. The van der Waals surface area contributed by atoms with Gasteiger partial charge in [0.1, 0.15) is 12.1 Å². The Morgan fingerprint density at radius 2 is 0.844 bits per heavy atom. The van der Waals surface area contributed by atoms with Crippen LogP contribution in [-0.2, 0) is 47.6 Å². The molecule has 2 atom stereocenters. The predicted molar refractivity (Wildman–Crippen MR) is 236 cm³/mol. The van der Waals surface area contributed by atoms with Crippen molar-refractivity contribution in [1.82, 2.24) is 0 Å². The molecule has 0 aliphatic carbocycles. The maximum atomic E-state index is 13.3. The molecule has 6 nitrogen and oxygen atoms in total. The molecule has 0 amide bonds. The van der Waals surface area contributed by atoms with Crippen molar-refractivity contribution in [2.75, 3.05) is 14.1 Å². The van der Waals surface area contributed by atoms with Crippen molar-refractivity contribution >= 4 is 33.5 Å². The van der Waals surface area contributed by atoms with Gasteiger partial charge in [0.05, 0.1) is 37.2 Å². The molecule has 0 heterocycles. The van der Waals surface area contributed by atoms with E-state index in [1.165, 1.54) is 46.5 Å². The van der Waals surface area contributed by atoms with Crippen molar-refractivity contribution in [2.45, 2.75) is 102 Å². The summed E-state index contributed by atoms with van der Waals surface area (Å²) in [5.74, 6) is -4.37. The Morgan fingerprint density at radius 3 is 1.17 bits per heavy atom. The quantitative estimate of drug-likeness (QED) is 0.0576. The van der Waals surface area contributed by atoms with Crippen LogP contribution in [0.1, 0.15) is 109 Å². The minimum atomic E-state index is -4.31. The van der Waals surface area contributed by atoms with Crippen LogP contribution in [0.3, 0.4) is 0 Å². The standard InChI is InChI=1S/2C25H28F3N.C2H2O4/c2*1-3-18-10-4-8-14-23(18)24(29-2)15-9-6-12-20-17-21(25(26,27)28)16-19-11-5-7-13-22(19)20;3-1(4)2(5)6/h2*4-5,7-8,10-11,13-14,16-17,24,29H,3,6,9,12,15H2,1-2H3;(H,3,4)(H,5,6). The van der Waals surface area contributed by atoms with Crippen LogP contribution in [0.5, 0.6) is 0 Å². The molecule has 0 radical (unpaired) electrons. The fraction of sp³-hybridized carbons (Fsp3) is 0.346. The zero-order valence-corrected chi connectivity index (χ0v) is 36.8. The van der Waals surface area contributed by atoms with Gasteiger partial charge in [-0.3, -0.25) is 0 Å². The van der Waals surface area contributed by atoms with E-state index in [4.69, 9.17) is 19.8 Å². The molecule has 0 saturated carbocycles. The lowest BCUT2D eigenvalue weighted by molar-refractivity contribution is -0.671. The van der Waals surface area contributed by atoms with Crippen molar-refractivity contribution in [3.63, 3.8) is 0 Å². The van der Waals surface area contributed by atoms with E-state index in [2.05, 4.69) is 87.1 Å². The number of benzene rings is 6. The van der Waals surface area contributed by atoms with E-state index in [0.29, 0.717) is 35.7 Å². The van der Waals surface area contributed by atoms with Crippen molar-refractivity contribution in [3.05, 3.63) is 166 Å². The summed E-state index contributed by atoms with van der Waals surface area (Å²) in [7, 11) is 4.19. The zero-order valence-electron chi connectivity index (χ0n) is 36.8. The molecule has 0 spiro atoms. The number of quaternary nitrogens is 2. The summed E-state index contributed by atoms with van der Waals surface area (Å²) < 4.78 is 79.7. The maximum absolute atomic E-state index is 13.3. The number of aliphatic carboxylic acids is 2. The number of hydrogen-bond acceptors (Lipinski definition) is 4. The molecular formula is C52H58F6N2O4. The van der Waals surface area contributed by atoms with Crippen LogP contribution in [0.25, 0.3) is 21.5 Å². The third-order valence-electron chi connectivity index (χ3n) is 11.6. The highest BCUT2D eigenvalue weighted by molar-refractivity contribution is 6.25. The summed E-state index contributed by atoms with van der Waals surface area (Å²) in [6.45, 7) is 4.34. The first kappa shape index (κ1) is 50.9. The number of aryl methyl sites for hydroxylation is 4. The number of unbranched alkanes of at least 4 members (excludes halogenated alkanes) is 2. The number of carboxylic acids is 2. The molecule has 4 N–H and O–H groups in total. The number of carboxylic acid groups (broad SMARTS) is 2. The SMILES string of the molecule is CCc1ccccc1C(CCCCc1cc(C(F)(F)F)cc2ccccc12)[NH2+]C.CCc1ccccc1C(CCCCc1cc(C(F)(F)F)cc2ccccc12)[NH2+]C.O=C([O-])C(=O)[O-]. The second-order valence-electron chi connectivity index (χ2n) is 15.8. The van der Waals surface area contributed by atoms with Gasteiger partial charge in [0.25, 0.3) is 0 Å². The highest BCUT2D eigenvalue weighted by atomic mass is 19.4. The van der Waals surface area contributed by atoms with Crippen LogP contribution >= 0.6 is 0 Å². The van der Waals surface area contributed by atoms with Crippen molar-refractivity contribution < 1.29 is 56.8 Å². The molecule has 0 bridgehead atoms. The first-order valence-corrected chi connectivity index (χ1v) is 21.9. The number of carbonyl (C=O) groups is 2. The average Bonchev–Trinajstić information content (AvgIpc) is 3.28. The average molecular weight is 889 g/mol. The van der Waals surface area contributed by atoms with Crippen LogP contribution in [-0.4, -0.2) is 26.0 Å². The fourth-order valence-corrected chi connectivity index (χ4v) is 8.32. The van der Waals surface area contributed by atoms with E-state index in [-0.39, 0.29) is 0 Å². The summed E-state index contributed by atoms with van der Waals surface area (Å²) in [4.78, 5) is 17.9. The third kappa shape index (κ3) is 14.7. The van der Waals surface area contributed by atoms with Gasteiger partial charge in [0.15, 0.2) is 0 Å². The molecule has 0 aliphatic heterocycles. The first-order chi connectivity index (χ1) is 30.5. The summed E-state index contributed by atoms with van der Waals surface area (Å²) in [5.41, 5.74) is 5.98. The van der Waals surface area contributed by atoms with Gasteiger partial charge >= 0.3 is 12.4 Å². The largest absolute Gasteiger partial charge is 0.543 e. The molecule has 64 heavy (non-hydrogen) atoms. The Labute approximate surface area is 371 Å². The van der Waals surface area contributed by atoms with Crippen molar-refractivity contribution in [3.8, 4) is 0 Å². The van der Waals surface area contributed by atoms with Gasteiger partial charge in [0.2, 0.25) is 0 Å². The van der Waals surface area contributed by atoms with E-state index >= 15 is 0 Å². The third-order valence-corrected chi connectivity index (χ3v) is 11.6. The minimum Gasteiger partial charge on any atom is -0.543 e.